The van der Waals surface area contributed by atoms with Crippen LogP contribution in [-0.4, -0.2) is 24.8 Å². The summed E-state index contributed by atoms with van der Waals surface area (Å²) in [4.78, 5) is 0. The molecule has 0 amide bonds. The van der Waals surface area contributed by atoms with Gasteiger partial charge in [-0.2, -0.15) is 0 Å². The lowest BCUT2D eigenvalue weighted by molar-refractivity contribution is 0.256. The van der Waals surface area contributed by atoms with E-state index in [-0.39, 0.29) is 0 Å². The van der Waals surface area contributed by atoms with E-state index in [9.17, 15) is 0 Å². The molecule has 0 aromatic heterocycles. The Labute approximate surface area is 102 Å². The summed E-state index contributed by atoms with van der Waals surface area (Å²) in [6, 6.07) is 0. The standard InChI is InChI=1S/C14H31NO/c1-12(2)9-13(7-6-8-16)10-15-11-14(3,4)5/h12-13,15-16H,6-11H2,1-5H3/t13-/m0/s1. The highest BCUT2D eigenvalue weighted by atomic mass is 16.2. The monoisotopic (exact) mass is 229 g/mol. The van der Waals surface area contributed by atoms with Crippen LogP contribution in [0.5, 0.6) is 0 Å². The maximum Gasteiger partial charge on any atom is 0.0431 e. The van der Waals surface area contributed by atoms with Crippen molar-refractivity contribution < 1.29 is 5.11 Å². The molecule has 1 atom stereocenters. The summed E-state index contributed by atoms with van der Waals surface area (Å²) < 4.78 is 0. The van der Waals surface area contributed by atoms with E-state index in [2.05, 4.69) is 39.9 Å². The average molecular weight is 229 g/mol. The van der Waals surface area contributed by atoms with Crippen molar-refractivity contribution in [1.29, 1.82) is 0 Å². The number of nitrogens with one attached hydrogen (secondary N) is 1. The van der Waals surface area contributed by atoms with Gasteiger partial charge in [-0.15, -0.1) is 0 Å². The van der Waals surface area contributed by atoms with Gasteiger partial charge in [0.15, 0.2) is 0 Å². The van der Waals surface area contributed by atoms with Gasteiger partial charge >= 0.3 is 0 Å². The Morgan fingerprint density at radius 3 is 2.25 bits per heavy atom. The molecule has 98 valence electrons. The zero-order valence-corrected chi connectivity index (χ0v) is 11.8. The second-order valence-electron chi connectivity index (χ2n) is 6.55. The van der Waals surface area contributed by atoms with Gasteiger partial charge in [-0.25, -0.2) is 0 Å². The summed E-state index contributed by atoms with van der Waals surface area (Å²) in [5.74, 6) is 1.47. The van der Waals surface area contributed by atoms with Crippen LogP contribution < -0.4 is 5.32 Å². The molecule has 0 aliphatic carbocycles. The summed E-state index contributed by atoms with van der Waals surface area (Å²) >= 11 is 0. The van der Waals surface area contributed by atoms with Gasteiger partial charge in [0.25, 0.3) is 0 Å². The molecule has 0 heterocycles. The van der Waals surface area contributed by atoms with Crippen LogP contribution in [0.2, 0.25) is 0 Å². The predicted molar refractivity (Wildman–Crippen MR) is 71.6 cm³/mol. The van der Waals surface area contributed by atoms with Gasteiger partial charge in [0, 0.05) is 6.61 Å². The SMILES string of the molecule is CC(C)C[C@H](CCCO)CNCC(C)(C)C. The number of aliphatic hydroxyl groups excluding tert-OH is 1. The molecule has 0 aromatic rings. The first-order chi connectivity index (χ1) is 7.35. The van der Waals surface area contributed by atoms with Gasteiger partial charge < -0.3 is 10.4 Å². The Hall–Kier alpha value is -0.0800. The van der Waals surface area contributed by atoms with Gasteiger partial charge in [-0.3, -0.25) is 0 Å². The topological polar surface area (TPSA) is 32.3 Å². The largest absolute Gasteiger partial charge is 0.396 e. The molecule has 0 saturated heterocycles. The van der Waals surface area contributed by atoms with Crippen molar-refractivity contribution >= 4 is 0 Å². The third kappa shape index (κ3) is 10.4. The highest BCUT2D eigenvalue weighted by molar-refractivity contribution is 4.69. The molecule has 0 rings (SSSR count). The second kappa shape index (κ2) is 8.08. The van der Waals surface area contributed by atoms with Gasteiger partial charge in [0.2, 0.25) is 0 Å². The first-order valence-electron chi connectivity index (χ1n) is 6.66. The fourth-order valence-electron chi connectivity index (χ4n) is 2.00. The minimum atomic E-state index is 0.327. The molecule has 0 fully saturated rings. The molecule has 0 aliphatic rings. The number of rotatable bonds is 8. The van der Waals surface area contributed by atoms with Crippen molar-refractivity contribution in [2.75, 3.05) is 19.7 Å². The van der Waals surface area contributed by atoms with Gasteiger partial charge in [-0.1, -0.05) is 34.6 Å². The van der Waals surface area contributed by atoms with E-state index in [1.165, 1.54) is 6.42 Å². The zero-order valence-electron chi connectivity index (χ0n) is 11.8. The summed E-state index contributed by atoms with van der Waals surface area (Å²) in [6.45, 7) is 13.8. The molecule has 2 N–H and O–H groups in total. The molecule has 2 nitrogen and oxygen atoms in total. The van der Waals surface area contributed by atoms with Gasteiger partial charge in [0.05, 0.1) is 0 Å². The van der Waals surface area contributed by atoms with Crippen LogP contribution in [0.25, 0.3) is 0 Å². The minimum absolute atomic E-state index is 0.327. The Morgan fingerprint density at radius 2 is 1.81 bits per heavy atom. The molecule has 0 spiro atoms. The van der Waals surface area contributed by atoms with Crippen molar-refractivity contribution in [3.63, 3.8) is 0 Å². The number of hydrogen-bond donors (Lipinski definition) is 2. The van der Waals surface area contributed by atoms with E-state index in [0.29, 0.717) is 12.0 Å². The van der Waals surface area contributed by atoms with Crippen molar-refractivity contribution in [3.05, 3.63) is 0 Å². The van der Waals surface area contributed by atoms with Crippen LogP contribution in [0.1, 0.15) is 53.9 Å². The molecule has 0 aromatic carbocycles. The quantitative estimate of drug-likeness (QED) is 0.670. The van der Waals surface area contributed by atoms with Crippen LogP contribution in [-0.2, 0) is 0 Å². The highest BCUT2D eigenvalue weighted by Crippen LogP contribution is 2.17. The lowest BCUT2D eigenvalue weighted by Gasteiger charge is -2.23. The van der Waals surface area contributed by atoms with Crippen LogP contribution in [0.4, 0.5) is 0 Å². The van der Waals surface area contributed by atoms with Crippen molar-refractivity contribution in [3.8, 4) is 0 Å². The highest BCUT2D eigenvalue weighted by Gasteiger charge is 2.13. The van der Waals surface area contributed by atoms with E-state index in [1.807, 2.05) is 0 Å². The van der Waals surface area contributed by atoms with Crippen LogP contribution in [0.3, 0.4) is 0 Å². The van der Waals surface area contributed by atoms with E-state index >= 15 is 0 Å². The van der Waals surface area contributed by atoms with Crippen LogP contribution in [0.15, 0.2) is 0 Å². The van der Waals surface area contributed by atoms with Crippen LogP contribution in [0, 0.1) is 17.3 Å². The summed E-state index contributed by atoms with van der Waals surface area (Å²) in [7, 11) is 0. The van der Waals surface area contributed by atoms with E-state index < -0.39 is 0 Å². The smallest absolute Gasteiger partial charge is 0.0431 e. The lowest BCUT2D eigenvalue weighted by Crippen LogP contribution is -2.31. The molecule has 2 heteroatoms. The third-order valence-electron chi connectivity index (χ3n) is 2.66. The molecule has 16 heavy (non-hydrogen) atoms. The first kappa shape index (κ1) is 15.9. The Bertz CT molecular complexity index is 161. The fraction of sp³-hybridized carbons (Fsp3) is 1.00. The summed E-state index contributed by atoms with van der Waals surface area (Å²) in [5.41, 5.74) is 0.360. The molecule has 0 aliphatic heterocycles. The molecule has 0 saturated carbocycles. The minimum Gasteiger partial charge on any atom is -0.396 e. The van der Waals surface area contributed by atoms with Crippen molar-refractivity contribution in [2.45, 2.75) is 53.9 Å². The second-order valence-corrected chi connectivity index (χ2v) is 6.55. The average Bonchev–Trinajstić information content (AvgIpc) is 2.11. The van der Waals surface area contributed by atoms with E-state index in [4.69, 9.17) is 5.11 Å². The maximum atomic E-state index is 8.88. The van der Waals surface area contributed by atoms with Crippen LogP contribution >= 0.6 is 0 Å². The normalized spacial score (nSPS) is 14.4. The zero-order chi connectivity index (χ0) is 12.6. The molecule has 0 radical (unpaired) electrons. The Morgan fingerprint density at radius 1 is 1.19 bits per heavy atom. The summed E-state index contributed by atoms with van der Waals surface area (Å²) in [6.07, 6.45) is 3.34. The third-order valence-corrected chi connectivity index (χ3v) is 2.66. The summed E-state index contributed by atoms with van der Waals surface area (Å²) in [5, 5.41) is 12.4. The van der Waals surface area contributed by atoms with Crippen molar-refractivity contribution in [1.82, 2.24) is 5.32 Å². The van der Waals surface area contributed by atoms with E-state index in [0.717, 1.165) is 37.8 Å². The first-order valence-corrected chi connectivity index (χ1v) is 6.66. The fourth-order valence-corrected chi connectivity index (χ4v) is 2.00. The number of hydrogen-bond acceptors (Lipinski definition) is 2. The predicted octanol–water partition coefficient (Wildman–Crippen LogP) is 3.06. The molecule has 0 unspecified atom stereocenters. The molecule has 0 bridgehead atoms. The van der Waals surface area contributed by atoms with Crippen molar-refractivity contribution in [2.24, 2.45) is 17.3 Å². The van der Waals surface area contributed by atoms with Gasteiger partial charge in [-0.05, 0) is 49.6 Å². The van der Waals surface area contributed by atoms with E-state index in [1.54, 1.807) is 0 Å². The molecular formula is C14H31NO. The lowest BCUT2D eigenvalue weighted by atomic mass is 9.92. The Balaban J connectivity index is 3.82. The molecular weight excluding hydrogens is 198 g/mol. The van der Waals surface area contributed by atoms with Gasteiger partial charge in [0.1, 0.15) is 0 Å². The maximum absolute atomic E-state index is 8.88. The Kier molecular flexibility index (Phi) is 8.04. The number of aliphatic hydroxyl groups is 1.